The molecule has 6 nitrogen and oxygen atoms in total. The Hall–Kier alpha value is -1.82. The number of hydrogen-bond donors (Lipinski definition) is 1. The standard InChI is InChI=1S/C14H20N2O4/c1-19-14-10-12(16(17)18)6-7-13(14)20-9-3-5-11-4-2-8-15-11/h6-7,10-11,15H,2-5,8-9H2,1H3. The fraction of sp³-hybridized carbons (Fsp3) is 0.571. The summed E-state index contributed by atoms with van der Waals surface area (Å²) in [6, 6.07) is 5.01. The number of nitro groups is 1. The zero-order valence-electron chi connectivity index (χ0n) is 11.6. The topological polar surface area (TPSA) is 73.6 Å². The summed E-state index contributed by atoms with van der Waals surface area (Å²) < 4.78 is 10.8. The van der Waals surface area contributed by atoms with Gasteiger partial charge >= 0.3 is 0 Å². The van der Waals surface area contributed by atoms with Gasteiger partial charge in [-0.05, 0) is 38.3 Å². The smallest absolute Gasteiger partial charge is 0.273 e. The van der Waals surface area contributed by atoms with Crippen molar-refractivity contribution in [2.24, 2.45) is 0 Å². The van der Waals surface area contributed by atoms with Crippen molar-refractivity contribution in [2.45, 2.75) is 31.7 Å². The number of rotatable bonds is 7. The van der Waals surface area contributed by atoms with Gasteiger partial charge in [0, 0.05) is 12.1 Å². The molecule has 1 atom stereocenters. The molecule has 1 saturated heterocycles. The molecule has 1 N–H and O–H groups in total. The van der Waals surface area contributed by atoms with Gasteiger partial charge in [-0.2, -0.15) is 0 Å². The average Bonchev–Trinajstić information content (AvgIpc) is 2.96. The Morgan fingerprint density at radius 2 is 2.30 bits per heavy atom. The molecule has 1 aromatic rings. The second-order valence-corrected chi connectivity index (χ2v) is 4.88. The van der Waals surface area contributed by atoms with Crippen LogP contribution in [0, 0.1) is 10.1 Å². The molecule has 0 saturated carbocycles. The van der Waals surface area contributed by atoms with Crippen molar-refractivity contribution in [3.63, 3.8) is 0 Å². The number of methoxy groups -OCH3 is 1. The van der Waals surface area contributed by atoms with Crippen molar-refractivity contribution in [2.75, 3.05) is 20.3 Å². The first-order valence-electron chi connectivity index (χ1n) is 6.89. The molecule has 1 aliphatic heterocycles. The van der Waals surface area contributed by atoms with Gasteiger partial charge in [-0.1, -0.05) is 0 Å². The van der Waals surface area contributed by atoms with E-state index in [-0.39, 0.29) is 5.69 Å². The highest BCUT2D eigenvalue weighted by Crippen LogP contribution is 2.31. The Morgan fingerprint density at radius 3 is 2.95 bits per heavy atom. The van der Waals surface area contributed by atoms with E-state index < -0.39 is 4.92 Å². The highest BCUT2D eigenvalue weighted by Gasteiger charge is 2.14. The molecule has 1 aliphatic rings. The summed E-state index contributed by atoms with van der Waals surface area (Å²) >= 11 is 0. The zero-order chi connectivity index (χ0) is 14.4. The number of ether oxygens (including phenoxy) is 2. The van der Waals surface area contributed by atoms with E-state index in [2.05, 4.69) is 5.32 Å². The summed E-state index contributed by atoms with van der Waals surface area (Å²) in [7, 11) is 1.48. The van der Waals surface area contributed by atoms with Crippen molar-refractivity contribution in [3.05, 3.63) is 28.3 Å². The normalized spacial score (nSPS) is 17.9. The van der Waals surface area contributed by atoms with Crippen LogP contribution in [0.25, 0.3) is 0 Å². The van der Waals surface area contributed by atoms with Crippen LogP contribution in [0.4, 0.5) is 5.69 Å². The number of nitrogens with zero attached hydrogens (tertiary/aromatic N) is 1. The molecule has 0 aliphatic carbocycles. The molecule has 2 rings (SSSR count). The van der Waals surface area contributed by atoms with Gasteiger partial charge in [-0.25, -0.2) is 0 Å². The van der Waals surface area contributed by atoms with Gasteiger partial charge in [-0.3, -0.25) is 10.1 Å². The van der Waals surface area contributed by atoms with E-state index >= 15 is 0 Å². The predicted molar refractivity (Wildman–Crippen MR) is 75.4 cm³/mol. The van der Waals surface area contributed by atoms with E-state index in [9.17, 15) is 10.1 Å². The largest absolute Gasteiger partial charge is 0.493 e. The van der Waals surface area contributed by atoms with E-state index in [0.29, 0.717) is 24.1 Å². The summed E-state index contributed by atoms with van der Waals surface area (Å²) in [5.74, 6) is 0.954. The van der Waals surface area contributed by atoms with E-state index in [0.717, 1.165) is 19.4 Å². The lowest BCUT2D eigenvalue weighted by atomic mass is 10.1. The quantitative estimate of drug-likeness (QED) is 0.472. The minimum atomic E-state index is -0.446. The van der Waals surface area contributed by atoms with Crippen molar-refractivity contribution in [1.29, 1.82) is 0 Å². The Labute approximate surface area is 118 Å². The monoisotopic (exact) mass is 280 g/mol. The van der Waals surface area contributed by atoms with E-state index in [1.54, 1.807) is 6.07 Å². The van der Waals surface area contributed by atoms with Gasteiger partial charge in [-0.15, -0.1) is 0 Å². The van der Waals surface area contributed by atoms with Crippen LogP contribution in [-0.2, 0) is 0 Å². The number of nitro benzene ring substituents is 1. The maximum Gasteiger partial charge on any atom is 0.273 e. The second kappa shape index (κ2) is 7.09. The molecule has 1 fully saturated rings. The molecule has 0 radical (unpaired) electrons. The van der Waals surface area contributed by atoms with Gasteiger partial charge in [0.2, 0.25) is 0 Å². The maximum absolute atomic E-state index is 10.7. The van der Waals surface area contributed by atoms with Crippen LogP contribution in [0.1, 0.15) is 25.7 Å². The van der Waals surface area contributed by atoms with Crippen LogP contribution >= 0.6 is 0 Å². The molecule has 1 unspecified atom stereocenters. The number of non-ortho nitro benzene ring substituents is 1. The lowest BCUT2D eigenvalue weighted by molar-refractivity contribution is -0.384. The molecule has 1 aromatic carbocycles. The molecule has 110 valence electrons. The third-order valence-electron chi connectivity index (χ3n) is 3.47. The summed E-state index contributed by atoms with van der Waals surface area (Å²) in [6.45, 7) is 1.70. The first-order valence-corrected chi connectivity index (χ1v) is 6.89. The molecule has 0 bridgehead atoms. The SMILES string of the molecule is COc1cc([N+](=O)[O-])ccc1OCCCC1CCCN1. The summed E-state index contributed by atoms with van der Waals surface area (Å²) in [6.07, 6.45) is 4.54. The minimum absolute atomic E-state index is 0.00403. The van der Waals surface area contributed by atoms with Crippen molar-refractivity contribution in [3.8, 4) is 11.5 Å². The van der Waals surface area contributed by atoms with Crippen molar-refractivity contribution < 1.29 is 14.4 Å². The van der Waals surface area contributed by atoms with Crippen LogP contribution in [-0.4, -0.2) is 31.2 Å². The number of benzene rings is 1. The van der Waals surface area contributed by atoms with E-state index in [4.69, 9.17) is 9.47 Å². The average molecular weight is 280 g/mol. The zero-order valence-corrected chi connectivity index (χ0v) is 11.6. The van der Waals surface area contributed by atoms with Crippen molar-refractivity contribution in [1.82, 2.24) is 5.32 Å². The van der Waals surface area contributed by atoms with Gasteiger partial charge in [0.25, 0.3) is 5.69 Å². The van der Waals surface area contributed by atoms with Gasteiger partial charge in [0.1, 0.15) is 0 Å². The second-order valence-electron chi connectivity index (χ2n) is 4.88. The Bertz CT molecular complexity index is 458. The molecule has 1 heterocycles. The fourth-order valence-electron chi connectivity index (χ4n) is 2.40. The molecular formula is C14H20N2O4. The summed E-state index contributed by atoms with van der Waals surface area (Å²) in [5.41, 5.74) is 0.00403. The van der Waals surface area contributed by atoms with Crippen LogP contribution in [0.5, 0.6) is 11.5 Å². The highest BCUT2D eigenvalue weighted by atomic mass is 16.6. The first-order chi connectivity index (χ1) is 9.70. The minimum Gasteiger partial charge on any atom is -0.493 e. The Balaban J connectivity index is 1.83. The predicted octanol–water partition coefficient (Wildman–Crippen LogP) is 2.51. The summed E-state index contributed by atoms with van der Waals surface area (Å²) in [4.78, 5) is 10.2. The Kier molecular flexibility index (Phi) is 5.17. The van der Waals surface area contributed by atoms with E-state index in [1.807, 2.05) is 0 Å². The molecule has 0 aromatic heterocycles. The lowest BCUT2D eigenvalue weighted by Gasteiger charge is -2.12. The van der Waals surface area contributed by atoms with Crippen LogP contribution in [0.2, 0.25) is 0 Å². The first kappa shape index (κ1) is 14.6. The van der Waals surface area contributed by atoms with Crippen LogP contribution < -0.4 is 14.8 Å². The maximum atomic E-state index is 10.7. The molecule has 0 spiro atoms. The summed E-state index contributed by atoms with van der Waals surface area (Å²) in [5, 5.41) is 14.1. The van der Waals surface area contributed by atoms with Crippen LogP contribution in [0.15, 0.2) is 18.2 Å². The van der Waals surface area contributed by atoms with Gasteiger partial charge in [0.15, 0.2) is 11.5 Å². The van der Waals surface area contributed by atoms with Gasteiger partial charge < -0.3 is 14.8 Å². The third-order valence-corrected chi connectivity index (χ3v) is 3.47. The number of nitrogens with one attached hydrogen (secondary N) is 1. The third kappa shape index (κ3) is 3.84. The van der Waals surface area contributed by atoms with Crippen LogP contribution in [0.3, 0.4) is 0 Å². The highest BCUT2D eigenvalue weighted by molar-refractivity contribution is 5.48. The number of hydrogen-bond acceptors (Lipinski definition) is 5. The molecular weight excluding hydrogens is 260 g/mol. The fourth-order valence-corrected chi connectivity index (χ4v) is 2.40. The molecule has 0 amide bonds. The van der Waals surface area contributed by atoms with Crippen molar-refractivity contribution >= 4 is 5.69 Å². The Morgan fingerprint density at radius 1 is 1.45 bits per heavy atom. The van der Waals surface area contributed by atoms with E-state index in [1.165, 1.54) is 32.1 Å². The molecule has 20 heavy (non-hydrogen) atoms. The van der Waals surface area contributed by atoms with Gasteiger partial charge in [0.05, 0.1) is 24.7 Å². The lowest BCUT2D eigenvalue weighted by Crippen LogP contribution is -2.21. The molecule has 6 heteroatoms.